The summed E-state index contributed by atoms with van der Waals surface area (Å²) in [5, 5.41) is 3.03. The number of rotatable bonds is 6. The van der Waals surface area contributed by atoms with Crippen LogP contribution in [-0.2, 0) is 9.53 Å². The number of ether oxygens (including phenoxy) is 4. The Morgan fingerprint density at radius 3 is 2.74 bits per heavy atom. The molecule has 0 saturated heterocycles. The molecular weight excluding hydrogens is 350 g/mol. The molecule has 1 unspecified atom stereocenters. The molecule has 0 saturated carbocycles. The van der Waals surface area contributed by atoms with Crippen LogP contribution in [0.4, 0.5) is 0 Å². The third-order valence-corrected chi connectivity index (χ3v) is 4.26. The lowest BCUT2D eigenvalue weighted by Gasteiger charge is -2.26. The zero-order chi connectivity index (χ0) is 19.2. The van der Waals surface area contributed by atoms with E-state index >= 15 is 0 Å². The van der Waals surface area contributed by atoms with Gasteiger partial charge in [0.25, 0.3) is 5.91 Å². The molecule has 1 aliphatic rings. The normalized spacial score (nSPS) is 15.1. The lowest BCUT2D eigenvalue weighted by molar-refractivity contribution is -0.142. The number of hydrogen-bond acceptors (Lipinski definition) is 6. The van der Waals surface area contributed by atoms with Crippen LogP contribution >= 0.6 is 0 Å². The van der Waals surface area contributed by atoms with E-state index in [0.29, 0.717) is 30.1 Å². The second-order valence-electron chi connectivity index (χ2n) is 5.93. The van der Waals surface area contributed by atoms with Crippen LogP contribution in [0.5, 0.6) is 17.2 Å². The van der Waals surface area contributed by atoms with Crippen LogP contribution in [0.2, 0.25) is 0 Å². The van der Waals surface area contributed by atoms with Crippen molar-refractivity contribution in [2.24, 2.45) is 0 Å². The SMILES string of the molecule is COC(=O)COc1ccc(C(=O)NC2CCOc3ccccc32)cc1OC. The van der Waals surface area contributed by atoms with Gasteiger partial charge in [0.05, 0.1) is 26.9 Å². The maximum absolute atomic E-state index is 12.7. The lowest BCUT2D eigenvalue weighted by Crippen LogP contribution is -2.32. The molecule has 1 atom stereocenters. The molecule has 2 aromatic carbocycles. The first-order chi connectivity index (χ1) is 13.1. The molecule has 0 radical (unpaired) electrons. The number of benzene rings is 2. The van der Waals surface area contributed by atoms with E-state index in [1.807, 2.05) is 24.3 Å². The van der Waals surface area contributed by atoms with Crippen molar-refractivity contribution in [2.45, 2.75) is 12.5 Å². The molecule has 3 rings (SSSR count). The second kappa shape index (κ2) is 8.44. The highest BCUT2D eigenvalue weighted by atomic mass is 16.6. The molecule has 27 heavy (non-hydrogen) atoms. The third kappa shape index (κ3) is 4.31. The summed E-state index contributed by atoms with van der Waals surface area (Å²) in [6, 6.07) is 12.3. The molecule has 1 aliphatic heterocycles. The van der Waals surface area contributed by atoms with Crippen LogP contribution in [0, 0.1) is 0 Å². The first-order valence-electron chi connectivity index (χ1n) is 8.52. The van der Waals surface area contributed by atoms with Crippen LogP contribution in [0.3, 0.4) is 0 Å². The van der Waals surface area contributed by atoms with Crippen molar-refractivity contribution in [1.82, 2.24) is 5.32 Å². The van der Waals surface area contributed by atoms with Crippen LogP contribution in [0.25, 0.3) is 0 Å². The molecular formula is C20H21NO6. The zero-order valence-corrected chi connectivity index (χ0v) is 15.2. The summed E-state index contributed by atoms with van der Waals surface area (Å²) in [4.78, 5) is 23.9. The first kappa shape index (κ1) is 18.6. The van der Waals surface area contributed by atoms with Crippen molar-refractivity contribution < 1.29 is 28.5 Å². The van der Waals surface area contributed by atoms with Crippen molar-refractivity contribution in [3.8, 4) is 17.2 Å². The van der Waals surface area contributed by atoms with Gasteiger partial charge >= 0.3 is 5.97 Å². The smallest absolute Gasteiger partial charge is 0.343 e. The van der Waals surface area contributed by atoms with Crippen molar-refractivity contribution in [1.29, 1.82) is 0 Å². The molecule has 7 heteroatoms. The van der Waals surface area contributed by atoms with Gasteiger partial charge in [0.1, 0.15) is 5.75 Å². The highest BCUT2D eigenvalue weighted by Crippen LogP contribution is 2.32. The molecule has 1 amide bonds. The number of para-hydroxylation sites is 1. The molecule has 0 aliphatic carbocycles. The van der Waals surface area contributed by atoms with Gasteiger partial charge in [-0.05, 0) is 24.3 Å². The average molecular weight is 371 g/mol. The molecule has 0 aromatic heterocycles. The van der Waals surface area contributed by atoms with E-state index in [1.54, 1.807) is 18.2 Å². The molecule has 7 nitrogen and oxygen atoms in total. The molecule has 1 N–H and O–H groups in total. The van der Waals surface area contributed by atoms with E-state index in [1.165, 1.54) is 14.2 Å². The van der Waals surface area contributed by atoms with Crippen molar-refractivity contribution in [2.75, 3.05) is 27.4 Å². The molecule has 2 aromatic rings. The molecule has 0 spiro atoms. The fourth-order valence-corrected chi connectivity index (χ4v) is 2.86. The minimum Gasteiger partial charge on any atom is -0.493 e. The van der Waals surface area contributed by atoms with E-state index in [4.69, 9.17) is 14.2 Å². The molecule has 0 fully saturated rings. The van der Waals surface area contributed by atoms with E-state index in [-0.39, 0.29) is 18.6 Å². The summed E-state index contributed by atoms with van der Waals surface area (Å²) in [5.41, 5.74) is 1.39. The van der Waals surface area contributed by atoms with Crippen molar-refractivity contribution in [3.05, 3.63) is 53.6 Å². The van der Waals surface area contributed by atoms with Gasteiger partial charge in [-0.3, -0.25) is 4.79 Å². The van der Waals surface area contributed by atoms with Gasteiger partial charge in [-0.2, -0.15) is 0 Å². The zero-order valence-electron chi connectivity index (χ0n) is 15.2. The summed E-state index contributed by atoms with van der Waals surface area (Å²) in [6.45, 7) is 0.308. The minimum atomic E-state index is -0.503. The summed E-state index contributed by atoms with van der Waals surface area (Å²) in [5.74, 6) is 0.777. The quantitative estimate of drug-likeness (QED) is 0.786. The number of esters is 1. The summed E-state index contributed by atoms with van der Waals surface area (Å²) >= 11 is 0. The monoisotopic (exact) mass is 371 g/mol. The summed E-state index contributed by atoms with van der Waals surface area (Å²) in [6.07, 6.45) is 0.695. The standard InChI is InChI=1S/C20H21NO6/c1-24-18-11-13(7-8-17(18)27-12-19(22)25-2)20(23)21-15-9-10-26-16-6-4-3-5-14(15)16/h3-8,11,15H,9-10,12H2,1-2H3,(H,21,23). The van der Waals surface area contributed by atoms with E-state index in [0.717, 1.165) is 11.3 Å². The van der Waals surface area contributed by atoms with Crippen LogP contribution in [0.1, 0.15) is 28.4 Å². The number of methoxy groups -OCH3 is 2. The number of fused-ring (bicyclic) bond motifs is 1. The first-order valence-corrected chi connectivity index (χ1v) is 8.52. The largest absolute Gasteiger partial charge is 0.493 e. The lowest BCUT2D eigenvalue weighted by atomic mass is 10.00. The van der Waals surface area contributed by atoms with Gasteiger partial charge in [-0.1, -0.05) is 18.2 Å². The Bertz CT molecular complexity index is 835. The van der Waals surface area contributed by atoms with E-state index < -0.39 is 5.97 Å². The Balaban J connectivity index is 1.73. The Hall–Kier alpha value is -3.22. The third-order valence-electron chi connectivity index (χ3n) is 4.26. The highest BCUT2D eigenvalue weighted by Gasteiger charge is 2.23. The van der Waals surface area contributed by atoms with Crippen molar-refractivity contribution >= 4 is 11.9 Å². The minimum absolute atomic E-state index is 0.122. The number of amides is 1. The van der Waals surface area contributed by atoms with Gasteiger partial charge in [0.2, 0.25) is 0 Å². The number of nitrogens with one attached hydrogen (secondary N) is 1. The maximum Gasteiger partial charge on any atom is 0.343 e. The molecule has 142 valence electrons. The predicted octanol–water partition coefficient (Wildman–Crippen LogP) is 2.50. The Labute approximate surface area is 157 Å². The van der Waals surface area contributed by atoms with E-state index in [9.17, 15) is 9.59 Å². The summed E-state index contributed by atoms with van der Waals surface area (Å²) in [7, 11) is 2.75. The van der Waals surface area contributed by atoms with Gasteiger partial charge in [0, 0.05) is 17.5 Å². The Morgan fingerprint density at radius 2 is 1.96 bits per heavy atom. The average Bonchev–Trinajstić information content (AvgIpc) is 2.72. The Morgan fingerprint density at radius 1 is 1.15 bits per heavy atom. The maximum atomic E-state index is 12.7. The van der Waals surface area contributed by atoms with Gasteiger partial charge in [-0.15, -0.1) is 0 Å². The number of carbonyl (C=O) groups is 2. The van der Waals surface area contributed by atoms with Crippen molar-refractivity contribution in [3.63, 3.8) is 0 Å². The van der Waals surface area contributed by atoms with Crippen LogP contribution in [-0.4, -0.2) is 39.3 Å². The van der Waals surface area contributed by atoms with Gasteiger partial charge < -0.3 is 24.3 Å². The molecule has 1 heterocycles. The number of carbonyl (C=O) groups excluding carboxylic acids is 2. The van der Waals surface area contributed by atoms with Gasteiger partial charge in [-0.25, -0.2) is 4.79 Å². The summed E-state index contributed by atoms with van der Waals surface area (Å²) < 4.78 is 20.8. The predicted molar refractivity (Wildman–Crippen MR) is 97.3 cm³/mol. The highest BCUT2D eigenvalue weighted by molar-refractivity contribution is 5.95. The van der Waals surface area contributed by atoms with E-state index in [2.05, 4.69) is 10.1 Å². The fourth-order valence-electron chi connectivity index (χ4n) is 2.86. The second-order valence-corrected chi connectivity index (χ2v) is 5.93. The van der Waals surface area contributed by atoms with Crippen LogP contribution in [0.15, 0.2) is 42.5 Å². The Kier molecular flexibility index (Phi) is 5.80. The van der Waals surface area contributed by atoms with Gasteiger partial charge in [0.15, 0.2) is 18.1 Å². The molecule has 0 bridgehead atoms. The van der Waals surface area contributed by atoms with Crippen LogP contribution < -0.4 is 19.5 Å². The topological polar surface area (TPSA) is 83.1 Å². The fraction of sp³-hybridized carbons (Fsp3) is 0.300. The number of hydrogen-bond donors (Lipinski definition) is 1.